The topological polar surface area (TPSA) is 84.5 Å². The number of esters is 1. The van der Waals surface area contributed by atoms with Crippen LogP contribution in [0.4, 0.5) is 4.79 Å². The summed E-state index contributed by atoms with van der Waals surface area (Å²) in [6.07, 6.45) is -0.998. The van der Waals surface area contributed by atoms with Crippen LogP contribution in [-0.2, 0) is 20.1 Å². The van der Waals surface area contributed by atoms with Gasteiger partial charge in [-0.3, -0.25) is 14.9 Å². The van der Waals surface area contributed by atoms with Crippen LogP contribution in [0.25, 0.3) is 0 Å². The molecule has 0 spiro atoms. The summed E-state index contributed by atoms with van der Waals surface area (Å²) in [5.74, 6) is -0.242. The molecule has 0 aliphatic carbocycles. The summed E-state index contributed by atoms with van der Waals surface area (Å²) < 4.78 is 4.93. The molecule has 0 aliphatic heterocycles. The van der Waals surface area contributed by atoms with Crippen LogP contribution in [0.2, 0.25) is 0 Å². The predicted octanol–water partition coefficient (Wildman–Crippen LogP) is 1.37. The van der Waals surface area contributed by atoms with Gasteiger partial charge in [-0.1, -0.05) is 6.07 Å². The molecule has 0 saturated heterocycles. The van der Waals surface area contributed by atoms with E-state index in [2.05, 4.69) is 5.32 Å². The van der Waals surface area contributed by atoms with Gasteiger partial charge in [0.05, 0.1) is 5.75 Å². The Hall–Kier alpha value is -1.54. The van der Waals surface area contributed by atoms with Crippen molar-refractivity contribution in [1.82, 2.24) is 10.6 Å². The molecule has 1 aromatic heterocycles. The van der Waals surface area contributed by atoms with E-state index in [1.807, 2.05) is 22.8 Å². The Morgan fingerprint density at radius 3 is 2.80 bits per heavy atom. The minimum atomic E-state index is -0.998. The van der Waals surface area contributed by atoms with Crippen molar-refractivity contribution in [2.45, 2.75) is 18.8 Å². The lowest BCUT2D eigenvalue weighted by Gasteiger charge is -2.12. The number of urea groups is 1. The third-order valence-corrected chi connectivity index (χ3v) is 4.20. The Kier molecular flexibility index (Phi) is 7.10. The molecule has 0 bridgehead atoms. The fourth-order valence-electron chi connectivity index (χ4n) is 1.19. The largest absolute Gasteiger partial charge is 0.452 e. The minimum Gasteiger partial charge on any atom is -0.452 e. The Bertz CT molecular complexity index is 462. The summed E-state index contributed by atoms with van der Waals surface area (Å²) in [5.41, 5.74) is 0. The summed E-state index contributed by atoms with van der Waals surface area (Å²) in [5, 5.41) is 6.25. The SMILES string of the molecule is CNC(=O)NC(=O)[C@H](C)OC(=O)CSCc1cccs1. The highest BCUT2D eigenvalue weighted by Crippen LogP contribution is 2.17. The fraction of sp³-hybridized carbons (Fsp3) is 0.417. The maximum atomic E-state index is 11.5. The van der Waals surface area contributed by atoms with E-state index in [0.717, 1.165) is 5.75 Å². The van der Waals surface area contributed by atoms with Crippen LogP contribution in [0.5, 0.6) is 0 Å². The average Bonchev–Trinajstić information content (AvgIpc) is 2.91. The normalized spacial score (nSPS) is 11.5. The van der Waals surface area contributed by atoms with E-state index in [0.29, 0.717) is 0 Å². The highest BCUT2D eigenvalue weighted by Gasteiger charge is 2.19. The lowest BCUT2D eigenvalue weighted by Crippen LogP contribution is -2.43. The number of hydrogen-bond donors (Lipinski definition) is 2. The van der Waals surface area contributed by atoms with Gasteiger partial charge in [-0.2, -0.15) is 0 Å². The van der Waals surface area contributed by atoms with E-state index in [4.69, 9.17) is 4.74 Å². The molecule has 1 atom stereocenters. The number of nitrogens with one attached hydrogen (secondary N) is 2. The number of thioether (sulfide) groups is 1. The Labute approximate surface area is 125 Å². The summed E-state index contributed by atoms with van der Waals surface area (Å²) in [6.45, 7) is 1.42. The van der Waals surface area contributed by atoms with Crippen LogP contribution < -0.4 is 10.6 Å². The van der Waals surface area contributed by atoms with Crippen LogP contribution in [0, 0.1) is 0 Å². The van der Waals surface area contributed by atoms with Gasteiger partial charge in [-0.15, -0.1) is 23.1 Å². The molecule has 2 N–H and O–H groups in total. The zero-order valence-corrected chi connectivity index (χ0v) is 12.8. The second kappa shape index (κ2) is 8.60. The van der Waals surface area contributed by atoms with Crippen molar-refractivity contribution < 1.29 is 19.1 Å². The van der Waals surface area contributed by atoms with Crippen LogP contribution in [0.3, 0.4) is 0 Å². The number of imide groups is 1. The smallest absolute Gasteiger partial charge is 0.321 e. The standard InChI is InChI=1S/C12H16N2O4S2/c1-8(11(16)14-12(17)13-2)18-10(15)7-19-6-9-4-3-5-20-9/h3-5,8H,6-7H2,1-2H3,(H2,13,14,16,17)/t8-/m0/s1. The first-order valence-electron chi connectivity index (χ1n) is 5.85. The third kappa shape index (κ3) is 6.07. The molecule has 0 radical (unpaired) electrons. The van der Waals surface area contributed by atoms with Crippen molar-refractivity contribution in [2.75, 3.05) is 12.8 Å². The molecular formula is C12H16N2O4S2. The molecule has 20 heavy (non-hydrogen) atoms. The van der Waals surface area contributed by atoms with Gasteiger partial charge in [0.15, 0.2) is 6.10 Å². The lowest BCUT2D eigenvalue weighted by atomic mass is 10.4. The van der Waals surface area contributed by atoms with E-state index >= 15 is 0 Å². The van der Waals surface area contributed by atoms with Crippen LogP contribution >= 0.6 is 23.1 Å². The third-order valence-electron chi connectivity index (χ3n) is 2.19. The molecule has 3 amide bonds. The molecule has 1 rings (SSSR count). The molecule has 1 heterocycles. The minimum absolute atomic E-state index is 0.162. The van der Waals surface area contributed by atoms with Gasteiger partial charge >= 0.3 is 12.0 Å². The molecule has 0 saturated carbocycles. The van der Waals surface area contributed by atoms with Gasteiger partial charge in [0.25, 0.3) is 5.91 Å². The van der Waals surface area contributed by atoms with Crippen LogP contribution in [-0.4, -0.2) is 36.8 Å². The van der Waals surface area contributed by atoms with Crippen molar-refractivity contribution in [3.63, 3.8) is 0 Å². The molecule has 0 unspecified atom stereocenters. The number of amides is 3. The molecule has 110 valence electrons. The van der Waals surface area contributed by atoms with Gasteiger partial charge < -0.3 is 10.1 Å². The number of hydrogen-bond acceptors (Lipinski definition) is 6. The first-order chi connectivity index (χ1) is 9.52. The summed E-state index contributed by atoms with van der Waals surface area (Å²) >= 11 is 3.04. The Morgan fingerprint density at radius 2 is 2.20 bits per heavy atom. The Morgan fingerprint density at radius 1 is 1.45 bits per heavy atom. The van der Waals surface area contributed by atoms with E-state index in [9.17, 15) is 14.4 Å². The molecule has 6 nitrogen and oxygen atoms in total. The maximum Gasteiger partial charge on any atom is 0.321 e. The van der Waals surface area contributed by atoms with E-state index in [-0.39, 0.29) is 5.75 Å². The van der Waals surface area contributed by atoms with Crippen molar-refractivity contribution in [1.29, 1.82) is 0 Å². The summed E-state index contributed by atoms with van der Waals surface area (Å²) in [7, 11) is 1.39. The molecule has 0 aromatic carbocycles. The number of rotatable bonds is 6. The van der Waals surface area contributed by atoms with Gasteiger partial charge in [0.1, 0.15) is 0 Å². The second-order valence-corrected chi connectivity index (χ2v) is 5.79. The maximum absolute atomic E-state index is 11.5. The predicted molar refractivity (Wildman–Crippen MR) is 78.6 cm³/mol. The molecule has 8 heteroatoms. The zero-order valence-electron chi connectivity index (χ0n) is 11.2. The summed E-state index contributed by atoms with van der Waals surface area (Å²) in [6, 6.07) is 3.30. The average molecular weight is 316 g/mol. The highest BCUT2D eigenvalue weighted by atomic mass is 32.2. The van der Waals surface area contributed by atoms with Crippen LogP contribution in [0.15, 0.2) is 17.5 Å². The van der Waals surface area contributed by atoms with Crippen molar-refractivity contribution in [3.8, 4) is 0 Å². The van der Waals surface area contributed by atoms with E-state index < -0.39 is 24.0 Å². The zero-order chi connectivity index (χ0) is 15.0. The lowest BCUT2D eigenvalue weighted by molar-refractivity contribution is -0.151. The fourth-order valence-corrected chi connectivity index (χ4v) is 2.84. The van der Waals surface area contributed by atoms with Gasteiger partial charge in [0, 0.05) is 17.7 Å². The molecule has 0 fully saturated rings. The number of ether oxygens (including phenoxy) is 1. The Balaban J connectivity index is 2.23. The van der Waals surface area contributed by atoms with E-state index in [1.165, 1.54) is 30.6 Å². The molecule has 0 aliphatic rings. The number of thiophene rings is 1. The highest BCUT2D eigenvalue weighted by molar-refractivity contribution is 7.99. The van der Waals surface area contributed by atoms with Crippen molar-refractivity contribution >= 4 is 41.0 Å². The van der Waals surface area contributed by atoms with Crippen LogP contribution in [0.1, 0.15) is 11.8 Å². The first-order valence-corrected chi connectivity index (χ1v) is 7.88. The van der Waals surface area contributed by atoms with Gasteiger partial charge in [-0.05, 0) is 18.4 Å². The number of carbonyl (C=O) groups is 3. The first kappa shape index (κ1) is 16.5. The van der Waals surface area contributed by atoms with Gasteiger partial charge in [-0.25, -0.2) is 4.79 Å². The van der Waals surface area contributed by atoms with Crippen molar-refractivity contribution in [3.05, 3.63) is 22.4 Å². The second-order valence-electron chi connectivity index (χ2n) is 3.77. The quantitative estimate of drug-likeness (QED) is 0.774. The van der Waals surface area contributed by atoms with Crippen molar-refractivity contribution in [2.24, 2.45) is 0 Å². The van der Waals surface area contributed by atoms with Gasteiger partial charge in [0.2, 0.25) is 0 Å². The molecule has 1 aromatic rings. The number of carbonyl (C=O) groups excluding carboxylic acids is 3. The summed E-state index contributed by atoms with van der Waals surface area (Å²) in [4.78, 5) is 35.1. The monoisotopic (exact) mass is 316 g/mol. The van der Waals surface area contributed by atoms with E-state index in [1.54, 1.807) is 11.3 Å². The molecular weight excluding hydrogens is 300 g/mol.